The number of carboxylic acids is 1. The summed E-state index contributed by atoms with van der Waals surface area (Å²) in [6.07, 6.45) is 0. The monoisotopic (exact) mass is 441 g/mol. The SMILES string of the molecule is COC(=O)c1ccc(C(=O)OC)c(N=N/C(C(=O)Nc2cccc(C(=O)O)c2)=C(\C)O)c1. The largest absolute Gasteiger partial charge is 0.510 e. The van der Waals surface area contributed by atoms with E-state index in [2.05, 4.69) is 25.0 Å². The van der Waals surface area contributed by atoms with Gasteiger partial charge in [0, 0.05) is 5.69 Å². The molecule has 0 radical (unpaired) electrons. The zero-order valence-electron chi connectivity index (χ0n) is 17.3. The fourth-order valence-corrected chi connectivity index (χ4v) is 2.45. The second kappa shape index (κ2) is 10.5. The van der Waals surface area contributed by atoms with E-state index >= 15 is 0 Å². The number of aliphatic hydroxyl groups excluding tert-OH is 1. The number of ether oxygens (including phenoxy) is 2. The molecule has 0 aromatic heterocycles. The third-order valence-corrected chi connectivity index (χ3v) is 4.01. The molecule has 0 aliphatic rings. The topological polar surface area (TPSA) is 164 Å². The summed E-state index contributed by atoms with van der Waals surface area (Å²) in [5, 5.41) is 28.9. The van der Waals surface area contributed by atoms with E-state index in [9.17, 15) is 24.3 Å². The summed E-state index contributed by atoms with van der Waals surface area (Å²) >= 11 is 0. The molecule has 0 saturated heterocycles. The summed E-state index contributed by atoms with van der Waals surface area (Å²) in [6, 6.07) is 9.25. The van der Waals surface area contributed by atoms with Gasteiger partial charge in [-0.25, -0.2) is 14.4 Å². The number of azo groups is 1. The lowest BCUT2D eigenvalue weighted by atomic mass is 10.1. The number of aliphatic hydroxyl groups is 1. The summed E-state index contributed by atoms with van der Waals surface area (Å²) < 4.78 is 9.30. The smallest absolute Gasteiger partial charge is 0.340 e. The van der Waals surface area contributed by atoms with Crippen LogP contribution in [-0.4, -0.2) is 48.2 Å². The van der Waals surface area contributed by atoms with Crippen molar-refractivity contribution in [2.45, 2.75) is 6.92 Å². The van der Waals surface area contributed by atoms with Crippen LogP contribution in [0.1, 0.15) is 38.0 Å². The molecule has 0 aliphatic carbocycles. The Balaban J connectivity index is 2.39. The molecule has 0 aliphatic heterocycles. The minimum Gasteiger partial charge on any atom is -0.510 e. The van der Waals surface area contributed by atoms with Crippen LogP contribution in [0.15, 0.2) is 64.1 Å². The lowest BCUT2D eigenvalue weighted by molar-refractivity contribution is -0.113. The first-order chi connectivity index (χ1) is 15.2. The zero-order chi connectivity index (χ0) is 23.8. The van der Waals surface area contributed by atoms with Crippen LogP contribution in [0.2, 0.25) is 0 Å². The molecule has 0 bridgehead atoms. The van der Waals surface area contributed by atoms with Gasteiger partial charge in [0.15, 0.2) is 5.70 Å². The summed E-state index contributed by atoms with van der Waals surface area (Å²) in [5.74, 6) is -4.03. The van der Waals surface area contributed by atoms with Gasteiger partial charge in [0.2, 0.25) is 0 Å². The maximum Gasteiger partial charge on any atom is 0.340 e. The number of hydrogen-bond donors (Lipinski definition) is 3. The average Bonchev–Trinajstić information content (AvgIpc) is 2.77. The number of nitrogens with one attached hydrogen (secondary N) is 1. The minimum absolute atomic E-state index is 0.0478. The van der Waals surface area contributed by atoms with E-state index in [1.165, 1.54) is 56.5 Å². The normalized spacial score (nSPS) is 11.5. The number of rotatable bonds is 7. The van der Waals surface area contributed by atoms with Gasteiger partial charge in [-0.3, -0.25) is 4.79 Å². The molecular weight excluding hydrogens is 422 g/mol. The van der Waals surface area contributed by atoms with E-state index in [1.54, 1.807) is 0 Å². The van der Waals surface area contributed by atoms with Crippen LogP contribution in [0.4, 0.5) is 11.4 Å². The van der Waals surface area contributed by atoms with Crippen molar-refractivity contribution in [1.29, 1.82) is 0 Å². The van der Waals surface area contributed by atoms with Crippen LogP contribution in [0.5, 0.6) is 0 Å². The van der Waals surface area contributed by atoms with E-state index in [4.69, 9.17) is 5.11 Å². The maximum atomic E-state index is 12.6. The summed E-state index contributed by atoms with van der Waals surface area (Å²) in [4.78, 5) is 47.4. The minimum atomic E-state index is -1.18. The molecule has 0 atom stereocenters. The number of carbonyl (C=O) groups excluding carboxylic acids is 3. The van der Waals surface area contributed by atoms with Crippen molar-refractivity contribution in [2.75, 3.05) is 19.5 Å². The predicted octanol–water partition coefficient (Wildman–Crippen LogP) is 3.47. The Bertz CT molecular complexity index is 1130. The number of methoxy groups -OCH3 is 2. The van der Waals surface area contributed by atoms with Crippen LogP contribution in [0.25, 0.3) is 0 Å². The quantitative estimate of drug-likeness (QED) is 0.254. The number of nitrogens with zero attached hydrogens (tertiary/aromatic N) is 2. The highest BCUT2D eigenvalue weighted by Gasteiger charge is 2.18. The molecule has 2 aromatic carbocycles. The molecule has 11 heteroatoms. The fraction of sp³-hybridized carbons (Fsp3) is 0.143. The van der Waals surface area contributed by atoms with E-state index in [0.717, 1.165) is 7.11 Å². The Labute approximate surface area is 182 Å². The third-order valence-electron chi connectivity index (χ3n) is 4.01. The Kier molecular flexibility index (Phi) is 7.77. The molecule has 2 aromatic rings. The molecule has 0 unspecified atom stereocenters. The van der Waals surface area contributed by atoms with E-state index < -0.39 is 35.3 Å². The lowest BCUT2D eigenvalue weighted by Gasteiger charge is -2.08. The first-order valence-electron chi connectivity index (χ1n) is 8.95. The second-order valence-electron chi connectivity index (χ2n) is 6.19. The number of anilines is 1. The second-order valence-corrected chi connectivity index (χ2v) is 6.19. The molecule has 0 fully saturated rings. The lowest BCUT2D eigenvalue weighted by Crippen LogP contribution is -2.15. The molecule has 0 heterocycles. The van der Waals surface area contributed by atoms with Gasteiger partial charge in [-0.2, -0.15) is 0 Å². The number of hydrogen-bond acceptors (Lipinski definition) is 9. The molecule has 0 spiro atoms. The zero-order valence-corrected chi connectivity index (χ0v) is 17.3. The Morgan fingerprint density at radius 2 is 1.59 bits per heavy atom. The highest BCUT2D eigenvalue weighted by atomic mass is 16.5. The predicted molar refractivity (Wildman–Crippen MR) is 111 cm³/mol. The molecule has 166 valence electrons. The number of amides is 1. The Morgan fingerprint density at radius 3 is 2.19 bits per heavy atom. The van der Waals surface area contributed by atoms with Crippen molar-refractivity contribution in [3.05, 3.63) is 70.6 Å². The van der Waals surface area contributed by atoms with Crippen LogP contribution < -0.4 is 5.32 Å². The molecule has 3 N–H and O–H groups in total. The number of carbonyl (C=O) groups is 4. The van der Waals surface area contributed by atoms with Gasteiger partial charge in [0.25, 0.3) is 5.91 Å². The molecule has 1 amide bonds. The third kappa shape index (κ3) is 5.75. The van der Waals surface area contributed by atoms with Gasteiger partial charge >= 0.3 is 17.9 Å². The summed E-state index contributed by atoms with van der Waals surface area (Å²) in [7, 11) is 2.33. The number of carboxylic acid groups (broad SMARTS) is 1. The van der Waals surface area contributed by atoms with Gasteiger partial charge in [0.05, 0.1) is 30.9 Å². The molecule has 2 rings (SSSR count). The Hall–Kier alpha value is -4.54. The van der Waals surface area contributed by atoms with Crippen LogP contribution >= 0.6 is 0 Å². The van der Waals surface area contributed by atoms with E-state index in [1.807, 2.05) is 0 Å². The van der Waals surface area contributed by atoms with E-state index in [-0.39, 0.29) is 28.1 Å². The number of allylic oxidation sites excluding steroid dienone is 1. The maximum absolute atomic E-state index is 12.6. The van der Waals surface area contributed by atoms with Crippen LogP contribution in [-0.2, 0) is 14.3 Å². The average molecular weight is 441 g/mol. The molecule has 0 saturated carbocycles. The first kappa shape index (κ1) is 23.7. The Morgan fingerprint density at radius 1 is 0.906 bits per heavy atom. The highest BCUT2D eigenvalue weighted by Crippen LogP contribution is 2.24. The van der Waals surface area contributed by atoms with E-state index in [0.29, 0.717) is 0 Å². The van der Waals surface area contributed by atoms with Crippen LogP contribution in [0.3, 0.4) is 0 Å². The van der Waals surface area contributed by atoms with Gasteiger partial charge < -0.3 is 25.0 Å². The van der Waals surface area contributed by atoms with Crippen molar-refractivity contribution in [1.82, 2.24) is 0 Å². The standard InChI is InChI=1S/C21H19N3O8/c1-11(25)17(18(26)22-14-6-4-5-12(9-14)19(27)28)24-23-16-10-13(20(29)31-2)7-8-15(16)21(30)32-3/h4-10,25H,1-3H3,(H,22,26)(H,27,28)/b17-11+,24-23?. The molecule has 32 heavy (non-hydrogen) atoms. The van der Waals surface area contributed by atoms with Gasteiger partial charge in [-0.1, -0.05) is 6.07 Å². The number of benzene rings is 2. The summed E-state index contributed by atoms with van der Waals surface area (Å²) in [5.41, 5.74) is -0.516. The van der Waals surface area contributed by atoms with Crippen molar-refractivity contribution in [3.8, 4) is 0 Å². The fourth-order valence-electron chi connectivity index (χ4n) is 2.45. The van der Waals surface area contributed by atoms with Gasteiger partial charge in [-0.15, -0.1) is 10.2 Å². The number of aromatic carboxylic acids is 1. The van der Waals surface area contributed by atoms with Crippen molar-refractivity contribution in [3.63, 3.8) is 0 Å². The van der Waals surface area contributed by atoms with Crippen molar-refractivity contribution in [2.24, 2.45) is 10.2 Å². The first-order valence-corrected chi connectivity index (χ1v) is 8.95. The van der Waals surface area contributed by atoms with Crippen LogP contribution in [0, 0.1) is 0 Å². The highest BCUT2D eigenvalue weighted by molar-refractivity contribution is 6.04. The molecule has 11 nitrogen and oxygen atoms in total. The van der Waals surface area contributed by atoms with Crippen molar-refractivity contribution >= 4 is 35.2 Å². The summed E-state index contributed by atoms with van der Waals surface area (Å²) in [6.45, 7) is 1.19. The number of esters is 2. The van der Waals surface area contributed by atoms with Gasteiger partial charge in [-0.05, 0) is 43.3 Å². The van der Waals surface area contributed by atoms with Crippen molar-refractivity contribution < 1.29 is 38.9 Å². The molecular formula is C21H19N3O8. The van der Waals surface area contributed by atoms with Gasteiger partial charge in [0.1, 0.15) is 11.4 Å².